The van der Waals surface area contributed by atoms with Crippen LogP contribution in [0.15, 0.2) is 11.8 Å². The van der Waals surface area contributed by atoms with Crippen molar-refractivity contribution in [1.29, 1.82) is 0 Å². The maximum absolute atomic E-state index is 11.5. The van der Waals surface area contributed by atoms with Gasteiger partial charge in [0.15, 0.2) is 0 Å². The molecule has 0 unspecified atom stereocenters. The number of likely N-dealkylation sites (tertiary alicyclic amines) is 1. The maximum Gasteiger partial charge on any atom is 0.421 e. The molecule has 0 aliphatic carbocycles. The molecule has 0 atom stereocenters. The smallest absolute Gasteiger partial charge is 0.421 e. The number of amides is 5. The summed E-state index contributed by atoms with van der Waals surface area (Å²) in [7, 11) is 0. The summed E-state index contributed by atoms with van der Waals surface area (Å²) < 4.78 is 0. The molecule has 0 radical (unpaired) electrons. The van der Waals surface area contributed by atoms with Crippen LogP contribution in [0.4, 0.5) is 4.79 Å². The molecule has 0 aromatic heterocycles. The van der Waals surface area contributed by atoms with Crippen molar-refractivity contribution in [2.24, 2.45) is 0 Å². The number of carbonyl (C=O) groups is 5. The van der Waals surface area contributed by atoms with Gasteiger partial charge in [0, 0.05) is 18.9 Å². The van der Waals surface area contributed by atoms with Gasteiger partial charge in [-0.25, -0.2) is 9.69 Å². The third-order valence-corrected chi connectivity index (χ3v) is 2.39. The molecule has 8 heteroatoms. The van der Waals surface area contributed by atoms with E-state index in [0.717, 1.165) is 0 Å². The highest BCUT2D eigenvalue weighted by Gasteiger charge is 2.44. The lowest BCUT2D eigenvalue weighted by Crippen LogP contribution is -2.39. The lowest BCUT2D eigenvalue weighted by Gasteiger charge is -2.14. The standard InChI is InChI=1S/C9H6N2O6/c12-5-1-2-6(13)10(5)4-3-7(14)11(8(4)15)9(16)17/h3H,1-2H2,(H,16,17). The summed E-state index contributed by atoms with van der Waals surface area (Å²) in [6.07, 6.45) is -1.17. The predicted molar refractivity (Wildman–Crippen MR) is 49.0 cm³/mol. The lowest BCUT2D eigenvalue weighted by atomic mass is 10.4. The molecule has 1 saturated heterocycles. The summed E-state index contributed by atoms with van der Waals surface area (Å²) in [5.41, 5.74) is -0.495. The van der Waals surface area contributed by atoms with Crippen molar-refractivity contribution in [2.45, 2.75) is 12.8 Å². The van der Waals surface area contributed by atoms with Crippen molar-refractivity contribution >= 4 is 29.7 Å². The van der Waals surface area contributed by atoms with E-state index in [2.05, 4.69) is 0 Å². The first kappa shape index (κ1) is 11.0. The van der Waals surface area contributed by atoms with Gasteiger partial charge in [-0.2, -0.15) is 4.90 Å². The van der Waals surface area contributed by atoms with Gasteiger partial charge in [-0.05, 0) is 0 Å². The molecule has 2 aliphatic rings. The van der Waals surface area contributed by atoms with E-state index in [1.54, 1.807) is 0 Å². The third kappa shape index (κ3) is 1.50. The van der Waals surface area contributed by atoms with E-state index < -0.39 is 35.4 Å². The average molecular weight is 238 g/mol. The van der Waals surface area contributed by atoms with Crippen LogP contribution in [0, 0.1) is 0 Å². The quantitative estimate of drug-likeness (QED) is 0.590. The molecule has 0 saturated carbocycles. The van der Waals surface area contributed by atoms with Gasteiger partial charge in [-0.3, -0.25) is 19.2 Å². The van der Waals surface area contributed by atoms with Gasteiger partial charge in [0.2, 0.25) is 11.8 Å². The van der Waals surface area contributed by atoms with Crippen LogP contribution in [0.2, 0.25) is 0 Å². The van der Waals surface area contributed by atoms with Crippen molar-refractivity contribution in [3.63, 3.8) is 0 Å². The SMILES string of the molecule is O=C(O)N1C(=O)C=C(N2C(=O)CCC2=O)C1=O. The zero-order valence-corrected chi connectivity index (χ0v) is 8.37. The van der Waals surface area contributed by atoms with Crippen molar-refractivity contribution in [1.82, 2.24) is 9.80 Å². The van der Waals surface area contributed by atoms with Crippen LogP contribution in [0.25, 0.3) is 0 Å². The van der Waals surface area contributed by atoms with Gasteiger partial charge >= 0.3 is 6.09 Å². The zero-order valence-electron chi connectivity index (χ0n) is 8.37. The first-order valence-electron chi connectivity index (χ1n) is 4.62. The van der Waals surface area contributed by atoms with Crippen LogP contribution in [0.5, 0.6) is 0 Å². The Balaban J connectivity index is 2.36. The molecule has 1 fully saturated rings. The Kier molecular flexibility index (Phi) is 2.27. The van der Waals surface area contributed by atoms with Gasteiger partial charge in [0.05, 0.1) is 0 Å². The Labute approximate surface area is 94.1 Å². The van der Waals surface area contributed by atoms with E-state index in [-0.39, 0.29) is 17.7 Å². The largest absolute Gasteiger partial charge is 0.464 e. The lowest BCUT2D eigenvalue weighted by molar-refractivity contribution is -0.142. The van der Waals surface area contributed by atoms with E-state index >= 15 is 0 Å². The second kappa shape index (κ2) is 3.51. The molecule has 0 aromatic rings. The minimum Gasteiger partial charge on any atom is -0.464 e. The first-order valence-corrected chi connectivity index (χ1v) is 4.62. The second-order valence-electron chi connectivity index (χ2n) is 3.41. The van der Waals surface area contributed by atoms with Crippen LogP contribution >= 0.6 is 0 Å². The van der Waals surface area contributed by atoms with E-state index in [1.165, 1.54) is 0 Å². The zero-order chi connectivity index (χ0) is 12.7. The fraction of sp³-hybridized carbons (Fsp3) is 0.222. The summed E-state index contributed by atoms with van der Waals surface area (Å²) in [6, 6.07) is 0. The Bertz CT molecular complexity index is 490. The Hall–Kier alpha value is -2.51. The van der Waals surface area contributed by atoms with Crippen LogP contribution in [-0.4, -0.2) is 44.6 Å². The molecule has 88 valence electrons. The highest BCUT2D eigenvalue weighted by atomic mass is 16.4. The molecule has 8 nitrogen and oxygen atoms in total. The first-order chi connectivity index (χ1) is 7.93. The van der Waals surface area contributed by atoms with E-state index in [9.17, 15) is 24.0 Å². The monoisotopic (exact) mass is 238 g/mol. The van der Waals surface area contributed by atoms with Gasteiger partial charge in [-0.15, -0.1) is 0 Å². The Morgan fingerprint density at radius 3 is 2.06 bits per heavy atom. The number of rotatable bonds is 1. The molecule has 0 spiro atoms. The molecular weight excluding hydrogens is 232 g/mol. The van der Waals surface area contributed by atoms with Crippen LogP contribution < -0.4 is 0 Å². The van der Waals surface area contributed by atoms with Crippen molar-refractivity contribution in [3.05, 3.63) is 11.8 Å². The minimum absolute atomic E-state index is 0.0474. The van der Waals surface area contributed by atoms with Crippen molar-refractivity contribution < 1.29 is 29.1 Å². The summed E-state index contributed by atoms with van der Waals surface area (Å²) in [5.74, 6) is -3.49. The summed E-state index contributed by atoms with van der Waals surface area (Å²) in [4.78, 5) is 56.5. The Morgan fingerprint density at radius 2 is 1.65 bits per heavy atom. The fourth-order valence-corrected chi connectivity index (χ4v) is 1.64. The number of carbonyl (C=O) groups excluding carboxylic acids is 4. The third-order valence-electron chi connectivity index (χ3n) is 2.39. The normalized spacial score (nSPS) is 20.4. The molecule has 2 rings (SSSR count). The number of carboxylic acid groups (broad SMARTS) is 1. The van der Waals surface area contributed by atoms with Gasteiger partial charge in [0.25, 0.3) is 11.8 Å². The summed E-state index contributed by atoms with van der Waals surface area (Å²) in [6.45, 7) is 0. The second-order valence-corrected chi connectivity index (χ2v) is 3.41. The average Bonchev–Trinajstić information content (AvgIpc) is 2.68. The van der Waals surface area contributed by atoms with Crippen LogP contribution in [0.1, 0.15) is 12.8 Å². The van der Waals surface area contributed by atoms with E-state index in [4.69, 9.17) is 5.11 Å². The minimum atomic E-state index is -1.75. The van der Waals surface area contributed by atoms with Crippen LogP contribution in [0.3, 0.4) is 0 Å². The topological polar surface area (TPSA) is 112 Å². The summed E-state index contributed by atoms with van der Waals surface area (Å²) >= 11 is 0. The number of hydrogen-bond acceptors (Lipinski definition) is 5. The number of hydrogen-bond donors (Lipinski definition) is 1. The summed E-state index contributed by atoms with van der Waals surface area (Å²) in [5, 5.41) is 8.61. The molecule has 5 amide bonds. The Morgan fingerprint density at radius 1 is 1.12 bits per heavy atom. The van der Waals surface area contributed by atoms with E-state index in [1.807, 2.05) is 0 Å². The number of nitrogens with zero attached hydrogens (tertiary/aromatic N) is 2. The van der Waals surface area contributed by atoms with Crippen LogP contribution in [-0.2, 0) is 19.2 Å². The number of imide groups is 4. The molecule has 17 heavy (non-hydrogen) atoms. The molecule has 2 heterocycles. The molecule has 1 N–H and O–H groups in total. The highest BCUT2D eigenvalue weighted by Crippen LogP contribution is 2.23. The van der Waals surface area contributed by atoms with Crippen molar-refractivity contribution in [2.75, 3.05) is 0 Å². The molecule has 0 bridgehead atoms. The van der Waals surface area contributed by atoms with Gasteiger partial charge in [-0.1, -0.05) is 0 Å². The van der Waals surface area contributed by atoms with Gasteiger partial charge in [0.1, 0.15) is 5.70 Å². The van der Waals surface area contributed by atoms with Crippen molar-refractivity contribution in [3.8, 4) is 0 Å². The predicted octanol–water partition coefficient (Wildman–Crippen LogP) is -0.934. The van der Waals surface area contributed by atoms with Gasteiger partial charge < -0.3 is 5.11 Å². The highest BCUT2D eigenvalue weighted by molar-refractivity contribution is 6.26. The molecule has 2 aliphatic heterocycles. The maximum atomic E-state index is 11.5. The molecule has 0 aromatic carbocycles. The van der Waals surface area contributed by atoms with E-state index in [0.29, 0.717) is 11.0 Å². The fourth-order valence-electron chi connectivity index (χ4n) is 1.64. The molecular formula is C9H6N2O6.